The summed E-state index contributed by atoms with van der Waals surface area (Å²) in [6, 6.07) is 10.6. The van der Waals surface area contributed by atoms with Gasteiger partial charge in [-0.1, -0.05) is 29.8 Å². The number of sulfonamides is 1. The molecule has 0 fully saturated rings. The Morgan fingerprint density at radius 3 is 2.47 bits per heavy atom. The summed E-state index contributed by atoms with van der Waals surface area (Å²) in [5.41, 5.74) is -2.56. The molecular formula is C18H14ClF3N4O5S. The lowest BCUT2D eigenvalue weighted by molar-refractivity contribution is -0.384. The number of nitro groups is 1. The minimum absolute atomic E-state index is 0.210. The van der Waals surface area contributed by atoms with Gasteiger partial charge in [-0.25, -0.2) is 17.8 Å². The number of aromatic nitrogens is 2. The fourth-order valence-corrected chi connectivity index (χ4v) is 3.92. The first-order chi connectivity index (χ1) is 14.9. The van der Waals surface area contributed by atoms with Crippen LogP contribution < -0.4 is 9.46 Å². The van der Waals surface area contributed by atoms with E-state index in [1.807, 2.05) is 4.72 Å². The van der Waals surface area contributed by atoms with Gasteiger partial charge in [-0.15, -0.1) is 0 Å². The van der Waals surface area contributed by atoms with Crippen LogP contribution in [0.2, 0.25) is 5.02 Å². The maximum absolute atomic E-state index is 13.5. The predicted octanol–water partition coefficient (Wildman–Crippen LogP) is 4.27. The van der Waals surface area contributed by atoms with E-state index in [0.717, 1.165) is 16.8 Å². The van der Waals surface area contributed by atoms with Gasteiger partial charge in [-0.2, -0.15) is 18.3 Å². The van der Waals surface area contributed by atoms with Gasteiger partial charge in [-0.3, -0.25) is 10.1 Å². The molecule has 0 aliphatic heterocycles. The number of hydrogen-bond donors (Lipinski definition) is 1. The van der Waals surface area contributed by atoms with Crippen LogP contribution in [0.5, 0.6) is 11.6 Å². The zero-order chi connectivity index (χ0) is 23.7. The molecular weight excluding hydrogens is 477 g/mol. The smallest absolute Gasteiger partial charge is 0.435 e. The number of ether oxygens (including phenoxy) is 1. The van der Waals surface area contributed by atoms with Crippen molar-refractivity contribution in [3.63, 3.8) is 0 Å². The summed E-state index contributed by atoms with van der Waals surface area (Å²) in [6.07, 6.45) is -4.89. The third-order valence-corrected chi connectivity index (χ3v) is 5.90. The van der Waals surface area contributed by atoms with E-state index in [9.17, 15) is 31.7 Å². The molecule has 3 rings (SSSR count). The lowest BCUT2D eigenvalue weighted by Gasteiger charge is -2.12. The Bertz CT molecular complexity index is 1260. The second kappa shape index (κ2) is 8.76. The summed E-state index contributed by atoms with van der Waals surface area (Å²) in [6.45, 7) is -0.844. The van der Waals surface area contributed by atoms with Crippen LogP contribution >= 0.6 is 11.6 Å². The highest BCUT2D eigenvalue weighted by Crippen LogP contribution is 2.37. The molecule has 1 aromatic heterocycles. The lowest BCUT2D eigenvalue weighted by Crippen LogP contribution is -2.25. The van der Waals surface area contributed by atoms with Gasteiger partial charge in [0.15, 0.2) is 5.69 Å². The lowest BCUT2D eigenvalue weighted by atomic mass is 10.2. The van der Waals surface area contributed by atoms with Crippen LogP contribution in [0.15, 0.2) is 53.4 Å². The average molecular weight is 491 g/mol. The minimum Gasteiger partial charge on any atom is -0.439 e. The number of nitrogens with zero attached hydrogens (tertiary/aromatic N) is 3. The average Bonchev–Trinajstić information content (AvgIpc) is 3.03. The first kappa shape index (κ1) is 23.5. The molecule has 0 saturated carbocycles. The molecule has 0 amide bonds. The maximum Gasteiger partial charge on any atom is 0.435 e. The fourth-order valence-electron chi connectivity index (χ4n) is 2.72. The van der Waals surface area contributed by atoms with E-state index in [4.69, 9.17) is 16.3 Å². The molecule has 1 N–H and O–H groups in total. The number of benzene rings is 2. The molecule has 3 aromatic rings. The summed E-state index contributed by atoms with van der Waals surface area (Å²) >= 11 is 5.68. The fraction of sp³-hybridized carbons (Fsp3) is 0.167. The van der Waals surface area contributed by atoms with Crippen molar-refractivity contribution in [3.8, 4) is 11.6 Å². The van der Waals surface area contributed by atoms with Gasteiger partial charge in [0.2, 0.25) is 15.9 Å². The van der Waals surface area contributed by atoms with E-state index in [1.54, 1.807) is 18.2 Å². The molecule has 0 spiro atoms. The number of nitrogens with one attached hydrogen (secondary N) is 1. The van der Waals surface area contributed by atoms with Crippen LogP contribution in [-0.4, -0.2) is 23.1 Å². The van der Waals surface area contributed by atoms with Crippen molar-refractivity contribution in [2.45, 2.75) is 17.6 Å². The van der Waals surface area contributed by atoms with Gasteiger partial charge in [0.25, 0.3) is 5.69 Å². The van der Waals surface area contributed by atoms with Crippen LogP contribution in [-0.2, 0) is 29.8 Å². The quantitative estimate of drug-likeness (QED) is 0.390. The number of rotatable bonds is 7. The monoisotopic (exact) mass is 490 g/mol. The molecule has 32 heavy (non-hydrogen) atoms. The SMILES string of the molecule is Cn1nc(C(F)(F)F)c(CNS(=O)(=O)c2ccc(Cl)c([N+](=O)[O-])c2)c1Oc1ccccc1. The van der Waals surface area contributed by atoms with Crippen LogP contribution in [0.3, 0.4) is 0 Å². The predicted molar refractivity (Wildman–Crippen MR) is 107 cm³/mol. The summed E-state index contributed by atoms with van der Waals surface area (Å²) in [7, 11) is -3.23. The zero-order valence-electron chi connectivity index (χ0n) is 16.1. The third kappa shape index (κ3) is 5.00. The van der Waals surface area contributed by atoms with Crippen molar-refractivity contribution >= 4 is 27.3 Å². The van der Waals surface area contributed by atoms with Crippen molar-refractivity contribution in [1.29, 1.82) is 0 Å². The summed E-state index contributed by atoms with van der Waals surface area (Å²) in [5, 5.41) is 14.1. The van der Waals surface area contributed by atoms with E-state index >= 15 is 0 Å². The standard InChI is InChI=1S/C18H14ClF3N4O5S/c1-25-17(31-11-5-3-2-4-6-11)13(16(24-25)18(20,21)22)10-23-32(29,30)12-7-8-14(19)15(9-12)26(27)28/h2-9,23H,10H2,1H3. The van der Waals surface area contributed by atoms with Crippen molar-refractivity contribution in [3.05, 3.63) is 74.9 Å². The Kier molecular flexibility index (Phi) is 6.44. The molecule has 0 bridgehead atoms. The van der Waals surface area contributed by atoms with E-state index in [-0.39, 0.29) is 16.7 Å². The highest BCUT2D eigenvalue weighted by atomic mass is 35.5. The second-order valence-electron chi connectivity index (χ2n) is 6.36. The highest BCUT2D eigenvalue weighted by molar-refractivity contribution is 7.89. The molecule has 0 aliphatic rings. The van der Waals surface area contributed by atoms with Gasteiger partial charge in [0, 0.05) is 19.7 Å². The molecule has 170 valence electrons. The van der Waals surface area contributed by atoms with Crippen molar-refractivity contribution in [1.82, 2.24) is 14.5 Å². The molecule has 0 atom stereocenters. The van der Waals surface area contributed by atoms with Crippen LogP contribution in [0.4, 0.5) is 18.9 Å². The Hall–Kier alpha value is -3.16. The first-order valence-electron chi connectivity index (χ1n) is 8.69. The van der Waals surface area contributed by atoms with E-state index < -0.39 is 49.5 Å². The Morgan fingerprint density at radius 1 is 1.22 bits per heavy atom. The number of para-hydroxylation sites is 1. The van der Waals surface area contributed by atoms with Crippen LogP contribution in [0.25, 0.3) is 0 Å². The third-order valence-electron chi connectivity index (χ3n) is 4.18. The molecule has 14 heteroatoms. The maximum atomic E-state index is 13.5. The highest BCUT2D eigenvalue weighted by Gasteiger charge is 2.40. The topological polar surface area (TPSA) is 116 Å². The van der Waals surface area contributed by atoms with Gasteiger partial charge >= 0.3 is 6.18 Å². The number of alkyl halides is 3. The van der Waals surface area contributed by atoms with Gasteiger partial charge in [0.1, 0.15) is 10.8 Å². The molecule has 0 aliphatic carbocycles. The van der Waals surface area contributed by atoms with Crippen LogP contribution in [0.1, 0.15) is 11.3 Å². The van der Waals surface area contributed by atoms with E-state index in [0.29, 0.717) is 6.07 Å². The van der Waals surface area contributed by atoms with Crippen molar-refractivity contribution in [2.24, 2.45) is 7.05 Å². The number of halogens is 4. The van der Waals surface area contributed by atoms with E-state index in [1.165, 1.54) is 19.2 Å². The normalized spacial score (nSPS) is 12.0. The molecule has 0 saturated heterocycles. The van der Waals surface area contributed by atoms with Crippen molar-refractivity contribution in [2.75, 3.05) is 0 Å². The molecule has 2 aromatic carbocycles. The number of nitro benzene ring substituents is 1. The minimum atomic E-state index is -4.89. The van der Waals surface area contributed by atoms with Gasteiger partial charge in [0.05, 0.1) is 15.4 Å². The number of aryl methyl sites for hydroxylation is 1. The van der Waals surface area contributed by atoms with Gasteiger partial charge < -0.3 is 4.74 Å². The Labute approximate surface area is 184 Å². The summed E-state index contributed by atoms with van der Waals surface area (Å²) in [4.78, 5) is 9.59. The molecule has 0 radical (unpaired) electrons. The molecule has 0 unspecified atom stereocenters. The summed E-state index contributed by atoms with van der Waals surface area (Å²) < 4.78 is 74.1. The number of hydrogen-bond acceptors (Lipinski definition) is 6. The first-order valence-corrected chi connectivity index (χ1v) is 10.6. The summed E-state index contributed by atoms with van der Waals surface area (Å²) in [5.74, 6) is -0.116. The molecule has 1 heterocycles. The van der Waals surface area contributed by atoms with E-state index in [2.05, 4.69) is 5.10 Å². The Balaban J connectivity index is 1.97. The Morgan fingerprint density at radius 2 is 1.88 bits per heavy atom. The van der Waals surface area contributed by atoms with Gasteiger partial charge in [-0.05, 0) is 24.3 Å². The largest absolute Gasteiger partial charge is 0.439 e. The van der Waals surface area contributed by atoms with Crippen LogP contribution in [0, 0.1) is 10.1 Å². The van der Waals surface area contributed by atoms with Crippen molar-refractivity contribution < 1.29 is 31.2 Å². The molecule has 9 nitrogen and oxygen atoms in total. The second-order valence-corrected chi connectivity index (χ2v) is 8.54. The zero-order valence-corrected chi connectivity index (χ0v) is 17.7.